The summed E-state index contributed by atoms with van der Waals surface area (Å²) in [5.74, 6) is 1.94. The van der Waals surface area contributed by atoms with Gasteiger partial charge in [0.15, 0.2) is 0 Å². The number of fused-ring (bicyclic) bond motifs is 1. The van der Waals surface area contributed by atoms with Crippen LogP contribution in [0, 0.1) is 0 Å². The molecule has 2 heterocycles. The highest BCUT2D eigenvalue weighted by molar-refractivity contribution is 7.99. The summed E-state index contributed by atoms with van der Waals surface area (Å²) in [6.07, 6.45) is -0.673. The third-order valence-corrected chi connectivity index (χ3v) is 7.02. The Hall–Kier alpha value is -3.00. The van der Waals surface area contributed by atoms with Crippen molar-refractivity contribution in [2.24, 2.45) is 0 Å². The van der Waals surface area contributed by atoms with Gasteiger partial charge in [-0.25, -0.2) is 4.79 Å². The summed E-state index contributed by atoms with van der Waals surface area (Å²) >= 11 is 1.87. The number of carbonyl (C=O) groups is 3. The molecule has 2 aromatic rings. The van der Waals surface area contributed by atoms with E-state index < -0.39 is 6.09 Å². The predicted molar refractivity (Wildman–Crippen MR) is 137 cm³/mol. The molecule has 0 aromatic heterocycles. The maximum Gasteiger partial charge on any atom is 0.414 e. The van der Waals surface area contributed by atoms with E-state index in [4.69, 9.17) is 4.74 Å². The van der Waals surface area contributed by atoms with Crippen LogP contribution in [0.3, 0.4) is 0 Å². The van der Waals surface area contributed by atoms with E-state index in [-0.39, 0.29) is 24.0 Å². The topological polar surface area (TPSA) is 70.2 Å². The first kappa shape index (κ1) is 24.1. The fourth-order valence-corrected chi connectivity index (χ4v) is 5.38. The van der Waals surface area contributed by atoms with Crippen LogP contribution in [0.4, 0.5) is 16.2 Å². The average molecular weight is 482 g/mol. The van der Waals surface area contributed by atoms with Gasteiger partial charge in [0.25, 0.3) is 5.91 Å². The highest BCUT2D eigenvalue weighted by Crippen LogP contribution is 2.39. The summed E-state index contributed by atoms with van der Waals surface area (Å²) in [5, 5.41) is 0. The number of thioether (sulfide) groups is 1. The Labute approximate surface area is 205 Å². The van der Waals surface area contributed by atoms with E-state index >= 15 is 0 Å². The molecule has 34 heavy (non-hydrogen) atoms. The summed E-state index contributed by atoms with van der Waals surface area (Å²) in [7, 11) is 0. The maximum absolute atomic E-state index is 12.9. The third-order valence-electron chi connectivity index (χ3n) is 6.07. The molecule has 0 saturated carbocycles. The summed E-state index contributed by atoms with van der Waals surface area (Å²) in [6, 6.07) is 13.1. The van der Waals surface area contributed by atoms with E-state index in [1.165, 1.54) is 6.92 Å². The second kappa shape index (κ2) is 10.1. The van der Waals surface area contributed by atoms with E-state index in [9.17, 15) is 14.4 Å². The molecule has 180 valence electrons. The lowest BCUT2D eigenvalue weighted by molar-refractivity contribution is -0.117. The molecule has 7 nitrogen and oxygen atoms in total. The van der Waals surface area contributed by atoms with Crippen molar-refractivity contribution in [3.63, 3.8) is 0 Å². The minimum Gasteiger partial charge on any atom is -0.446 e. The van der Waals surface area contributed by atoms with Crippen molar-refractivity contribution in [1.29, 1.82) is 0 Å². The van der Waals surface area contributed by atoms with Crippen molar-refractivity contribution in [1.82, 2.24) is 4.90 Å². The molecular weight excluding hydrogens is 450 g/mol. The fourth-order valence-electron chi connectivity index (χ4n) is 4.48. The highest BCUT2D eigenvalue weighted by Gasteiger charge is 2.34. The lowest BCUT2D eigenvalue weighted by Gasteiger charge is -2.40. The van der Waals surface area contributed by atoms with Crippen LogP contribution >= 0.6 is 11.8 Å². The second-order valence-corrected chi connectivity index (χ2v) is 10.2. The molecule has 2 aliphatic heterocycles. The summed E-state index contributed by atoms with van der Waals surface area (Å²) in [4.78, 5) is 43.3. The first-order valence-corrected chi connectivity index (χ1v) is 12.8. The minimum absolute atomic E-state index is 0.0611. The van der Waals surface area contributed by atoms with Gasteiger partial charge in [0.2, 0.25) is 5.91 Å². The third kappa shape index (κ3) is 4.92. The molecule has 0 bridgehead atoms. The number of ether oxygens (including phenoxy) is 1. The number of anilines is 2. The molecule has 1 fully saturated rings. The van der Waals surface area contributed by atoms with Crippen LogP contribution in [0.5, 0.6) is 0 Å². The van der Waals surface area contributed by atoms with Gasteiger partial charge in [0, 0.05) is 43.6 Å². The molecule has 8 heteroatoms. The number of rotatable bonds is 3. The Kier molecular flexibility index (Phi) is 7.16. The molecule has 0 spiro atoms. The summed E-state index contributed by atoms with van der Waals surface area (Å²) in [6.45, 7) is 9.00. The lowest BCUT2D eigenvalue weighted by atomic mass is 9.99. The second-order valence-electron chi connectivity index (χ2n) is 8.97. The SMILES string of the molecule is CC(=O)N1c2ccc(-c3ccc(C(=O)N4CCSCC4)cc3)cc2N(C(=O)OC(C)C)C[C@@H]1C. The molecule has 2 aromatic carbocycles. The van der Waals surface area contributed by atoms with Crippen LogP contribution in [0.2, 0.25) is 0 Å². The van der Waals surface area contributed by atoms with Gasteiger partial charge in [-0.15, -0.1) is 0 Å². The first-order chi connectivity index (χ1) is 16.3. The monoisotopic (exact) mass is 481 g/mol. The van der Waals surface area contributed by atoms with E-state index in [0.29, 0.717) is 23.5 Å². The Morgan fingerprint density at radius 1 is 0.971 bits per heavy atom. The summed E-state index contributed by atoms with van der Waals surface area (Å²) in [5.41, 5.74) is 3.83. The maximum atomic E-state index is 12.9. The quantitative estimate of drug-likeness (QED) is 0.638. The smallest absolute Gasteiger partial charge is 0.414 e. The Balaban J connectivity index is 1.65. The van der Waals surface area contributed by atoms with Crippen LogP contribution in [0.25, 0.3) is 11.1 Å². The number of benzene rings is 2. The molecular formula is C26H31N3O4S. The van der Waals surface area contributed by atoms with Gasteiger partial charge >= 0.3 is 6.09 Å². The van der Waals surface area contributed by atoms with Gasteiger partial charge in [0.05, 0.1) is 23.5 Å². The Morgan fingerprint density at radius 3 is 2.24 bits per heavy atom. The van der Waals surface area contributed by atoms with Gasteiger partial charge < -0.3 is 14.5 Å². The van der Waals surface area contributed by atoms with E-state index in [1.54, 1.807) is 9.80 Å². The molecule has 3 amide bonds. The number of hydrogen-bond acceptors (Lipinski definition) is 5. The van der Waals surface area contributed by atoms with Crippen LogP contribution in [-0.4, -0.2) is 66.1 Å². The van der Waals surface area contributed by atoms with Gasteiger partial charge in [-0.3, -0.25) is 14.5 Å². The molecule has 2 aliphatic rings. The van der Waals surface area contributed by atoms with Crippen LogP contribution < -0.4 is 9.80 Å². The van der Waals surface area contributed by atoms with Crippen molar-refractivity contribution in [3.8, 4) is 11.1 Å². The van der Waals surface area contributed by atoms with Crippen molar-refractivity contribution >= 4 is 41.0 Å². The van der Waals surface area contributed by atoms with E-state index in [1.807, 2.05) is 79.9 Å². The number of amides is 3. The number of carbonyl (C=O) groups excluding carboxylic acids is 3. The van der Waals surface area contributed by atoms with Crippen molar-refractivity contribution in [3.05, 3.63) is 48.0 Å². The molecule has 0 radical (unpaired) electrons. The first-order valence-electron chi connectivity index (χ1n) is 11.7. The average Bonchev–Trinajstić information content (AvgIpc) is 2.82. The van der Waals surface area contributed by atoms with Crippen LogP contribution in [0.15, 0.2) is 42.5 Å². The zero-order valence-corrected chi connectivity index (χ0v) is 20.9. The zero-order valence-electron chi connectivity index (χ0n) is 20.1. The largest absolute Gasteiger partial charge is 0.446 e. The predicted octanol–water partition coefficient (Wildman–Crippen LogP) is 4.65. The van der Waals surface area contributed by atoms with Gasteiger partial charge in [-0.2, -0.15) is 11.8 Å². The lowest BCUT2D eigenvalue weighted by Crippen LogP contribution is -2.51. The zero-order chi connectivity index (χ0) is 24.4. The normalized spacial score (nSPS) is 18.0. The van der Waals surface area contributed by atoms with Crippen LogP contribution in [0.1, 0.15) is 38.1 Å². The standard InChI is InChI=1S/C26H31N3O4S/c1-17(2)33-26(32)28-16-18(3)29(19(4)30)23-10-9-22(15-24(23)28)20-5-7-21(8-6-20)25(31)27-11-13-34-14-12-27/h5-10,15,17-18H,11-14,16H2,1-4H3/t18-/m0/s1. The molecule has 4 rings (SSSR count). The van der Waals surface area contributed by atoms with Gasteiger partial charge in [-0.05, 0) is 56.2 Å². The Morgan fingerprint density at radius 2 is 1.62 bits per heavy atom. The number of hydrogen-bond donors (Lipinski definition) is 0. The van der Waals surface area contributed by atoms with Crippen molar-refractivity contribution in [2.75, 3.05) is 40.9 Å². The molecule has 1 saturated heterocycles. The van der Waals surface area contributed by atoms with Gasteiger partial charge in [0.1, 0.15) is 0 Å². The van der Waals surface area contributed by atoms with Gasteiger partial charge in [-0.1, -0.05) is 18.2 Å². The fraction of sp³-hybridized carbons (Fsp3) is 0.423. The van der Waals surface area contributed by atoms with E-state index in [0.717, 1.165) is 35.7 Å². The Bertz CT molecular complexity index is 1080. The summed E-state index contributed by atoms with van der Waals surface area (Å²) < 4.78 is 5.48. The molecule has 0 N–H and O–H groups in total. The van der Waals surface area contributed by atoms with E-state index in [2.05, 4.69) is 0 Å². The number of nitrogens with zero attached hydrogens (tertiary/aromatic N) is 3. The van der Waals surface area contributed by atoms with Crippen molar-refractivity contribution < 1.29 is 19.1 Å². The van der Waals surface area contributed by atoms with Crippen LogP contribution in [-0.2, 0) is 9.53 Å². The molecule has 0 aliphatic carbocycles. The molecule has 0 unspecified atom stereocenters. The van der Waals surface area contributed by atoms with Crippen molar-refractivity contribution in [2.45, 2.75) is 39.8 Å². The minimum atomic E-state index is -0.427. The molecule has 1 atom stereocenters. The highest BCUT2D eigenvalue weighted by atomic mass is 32.2.